The molecule has 0 N–H and O–H groups in total. The van der Waals surface area contributed by atoms with Crippen molar-refractivity contribution in [1.29, 1.82) is 0 Å². The second-order valence-electron chi connectivity index (χ2n) is 8.19. The van der Waals surface area contributed by atoms with Gasteiger partial charge in [-0.3, -0.25) is 4.79 Å². The Bertz CT molecular complexity index is 1220. The van der Waals surface area contributed by atoms with E-state index in [0.29, 0.717) is 29.2 Å². The Morgan fingerprint density at radius 2 is 1.61 bits per heavy atom. The van der Waals surface area contributed by atoms with E-state index >= 15 is 0 Å². The maximum Gasteiger partial charge on any atom is 0.182 e. The Morgan fingerprint density at radius 1 is 0.972 bits per heavy atom. The number of ketones is 1. The first-order valence-corrected chi connectivity index (χ1v) is 11.4. The Morgan fingerprint density at radius 3 is 2.14 bits per heavy atom. The van der Waals surface area contributed by atoms with E-state index in [1.54, 1.807) is 37.3 Å². The normalized spacial score (nSPS) is 10.4. The van der Waals surface area contributed by atoms with E-state index in [9.17, 15) is 9.59 Å². The third kappa shape index (κ3) is 8.65. The van der Waals surface area contributed by atoms with Crippen molar-refractivity contribution in [3.63, 3.8) is 0 Å². The average Bonchev–Trinajstić information content (AvgIpc) is 3.25. The predicted octanol–water partition coefficient (Wildman–Crippen LogP) is 6.11. The molecule has 3 rings (SSSR count). The van der Waals surface area contributed by atoms with Crippen molar-refractivity contribution in [1.82, 2.24) is 9.78 Å². The molecule has 2 aromatic carbocycles. The fourth-order valence-electron chi connectivity index (χ4n) is 3.19. The fourth-order valence-corrected chi connectivity index (χ4v) is 3.19. The van der Waals surface area contributed by atoms with Gasteiger partial charge in [-0.2, -0.15) is 22.8 Å². The van der Waals surface area contributed by atoms with Crippen LogP contribution in [0.15, 0.2) is 66.3 Å². The number of carbonyl (C=O) groups excluding carboxylic acids is 2. The van der Waals surface area contributed by atoms with E-state index in [-0.39, 0.29) is 36.9 Å². The summed E-state index contributed by atoms with van der Waals surface area (Å²) in [7, 11) is 3.22. The first kappa shape index (κ1) is 31.2. The standard InChI is InChI=1S/C21H26N2O3.C8H7O.U/c1-7-19(24)17-12-15(4)23(22-17)18(10-8-14(2)3)16-9-11-20(25-5)21(13-16)26-6;1-7-2-4-8(6-9)5-3-7;/h8-13H,7H2,1-6H3;2-5H,1H3;/q;-1;/b18-10-;;. The monoisotopic (exact) mass is 711 g/mol. The molecule has 0 radical (unpaired) electrons. The van der Waals surface area contributed by atoms with Crippen molar-refractivity contribution in [3.05, 3.63) is 94.3 Å². The molecule has 0 unspecified atom stereocenters. The zero-order valence-corrected chi connectivity index (χ0v) is 26.2. The summed E-state index contributed by atoms with van der Waals surface area (Å²) in [5.41, 5.74) is 6.09. The topological polar surface area (TPSA) is 70.4 Å². The molecule has 1 aromatic heterocycles. The molecule has 1 heterocycles. The van der Waals surface area contributed by atoms with Gasteiger partial charge in [0.15, 0.2) is 17.3 Å². The molecular weight excluding hydrogens is 678 g/mol. The predicted molar refractivity (Wildman–Crippen MR) is 140 cm³/mol. The molecule has 0 aliphatic rings. The molecule has 3 aromatic rings. The molecule has 7 heteroatoms. The Kier molecular flexibility index (Phi) is 13.2. The minimum atomic E-state index is 0. The van der Waals surface area contributed by atoms with Gasteiger partial charge in [0.05, 0.1) is 26.2 Å². The zero-order chi connectivity index (χ0) is 26.0. The molecule has 36 heavy (non-hydrogen) atoms. The molecule has 6 nitrogen and oxygen atoms in total. The summed E-state index contributed by atoms with van der Waals surface area (Å²) in [5, 5.41) is 4.53. The molecule has 0 saturated carbocycles. The largest absolute Gasteiger partial charge is 0.493 e. The Labute approximate surface area is 237 Å². The number of aromatic nitrogens is 2. The van der Waals surface area contributed by atoms with Crippen LogP contribution in [0.25, 0.3) is 5.70 Å². The van der Waals surface area contributed by atoms with Crippen molar-refractivity contribution in [2.75, 3.05) is 14.2 Å². The number of nitrogens with zero attached hydrogens (tertiary/aromatic N) is 2. The van der Waals surface area contributed by atoms with Crippen LogP contribution in [0.4, 0.5) is 0 Å². The average molecular weight is 712 g/mol. The molecular formula is C29H33N2O4U-. The van der Waals surface area contributed by atoms with Gasteiger partial charge in [0.25, 0.3) is 0 Å². The minimum Gasteiger partial charge on any atom is -0.493 e. The summed E-state index contributed by atoms with van der Waals surface area (Å²) in [6, 6.07) is 14.8. The van der Waals surface area contributed by atoms with Gasteiger partial charge >= 0.3 is 0 Å². The first-order valence-electron chi connectivity index (χ1n) is 11.4. The maximum absolute atomic E-state index is 12.0. The Balaban J connectivity index is 0.000000546. The maximum atomic E-state index is 12.0. The number of Topliss-reactive ketones (excluding diaryl/α,β-unsaturated/α-hetero) is 1. The first-order chi connectivity index (χ1) is 16.7. The van der Waals surface area contributed by atoms with Gasteiger partial charge in [-0.15, -0.1) is 12.1 Å². The number of methoxy groups -OCH3 is 2. The third-order valence-electron chi connectivity index (χ3n) is 5.15. The number of ether oxygens (including phenoxy) is 2. The molecule has 0 aliphatic heterocycles. The van der Waals surface area contributed by atoms with Crippen LogP contribution in [-0.4, -0.2) is 36.1 Å². The number of hydrogen-bond donors (Lipinski definition) is 0. The number of allylic oxidation sites excluding steroid dienone is 3. The smallest absolute Gasteiger partial charge is 0.182 e. The molecule has 0 spiro atoms. The molecule has 0 atom stereocenters. The second-order valence-corrected chi connectivity index (χ2v) is 8.19. The van der Waals surface area contributed by atoms with Crippen LogP contribution in [0, 0.1) is 45.0 Å². The molecule has 0 saturated heterocycles. The van der Waals surface area contributed by atoms with Gasteiger partial charge in [0, 0.05) is 48.8 Å². The van der Waals surface area contributed by atoms with Crippen molar-refractivity contribution in [2.24, 2.45) is 0 Å². The summed E-state index contributed by atoms with van der Waals surface area (Å²) in [4.78, 5) is 22.0. The second kappa shape index (κ2) is 15.3. The van der Waals surface area contributed by atoms with E-state index in [2.05, 4.69) is 5.10 Å². The molecule has 0 fully saturated rings. The number of aryl methyl sites for hydroxylation is 2. The van der Waals surface area contributed by atoms with Gasteiger partial charge in [-0.25, -0.2) is 4.68 Å². The van der Waals surface area contributed by atoms with Gasteiger partial charge < -0.3 is 14.3 Å². The quantitative estimate of drug-likeness (QED) is 0.160. The van der Waals surface area contributed by atoms with Crippen LogP contribution in [-0.2, 0) is 4.79 Å². The molecule has 188 valence electrons. The van der Waals surface area contributed by atoms with Gasteiger partial charge in [-0.1, -0.05) is 24.1 Å². The number of rotatable bonds is 8. The number of benzene rings is 2. The molecule has 0 amide bonds. The number of carbonyl (C=O) groups is 1. The summed E-state index contributed by atoms with van der Waals surface area (Å²) in [6.07, 6.45) is 6.25. The fraction of sp³-hybridized carbons (Fsp3) is 0.276. The Hall–Kier alpha value is -2.88. The molecule has 0 aliphatic carbocycles. The van der Waals surface area contributed by atoms with Crippen molar-refractivity contribution in [3.8, 4) is 11.5 Å². The van der Waals surface area contributed by atoms with Crippen molar-refractivity contribution < 1.29 is 50.2 Å². The van der Waals surface area contributed by atoms with E-state index in [1.165, 1.54) is 0 Å². The van der Waals surface area contributed by atoms with Gasteiger partial charge in [-0.05, 0) is 58.0 Å². The SMILES string of the molecule is CCC(=O)c1cc(C)n(/C(=C\C=C(C)C)c2ccc(OC)c(OC)c2)n1.Cc1ccc([C-]=O)cc1.[U]. The summed E-state index contributed by atoms with van der Waals surface area (Å²) >= 11 is 0. The van der Waals surface area contributed by atoms with Gasteiger partial charge in [0.1, 0.15) is 5.69 Å². The number of hydrogen-bond acceptors (Lipinski definition) is 5. The van der Waals surface area contributed by atoms with Crippen LogP contribution in [0.3, 0.4) is 0 Å². The summed E-state index contributed by atoms with van der Waals surface area (Å²) in [6.45, 7) is 9.82. The van der Waals surface area contributed by atoms with E-state index in [4.69, 9.17) is 9.47 Å². The third-order valence-corrected chi connectivity index (χ3v) is 5.15. The van der Waals surface area contributed by atoms with Crippen LogP contribution in [0.1, 0.15) is 60.1 Å². The van der Waals surface area contributed by atoms with Crippen LogP contribution in [0.2, 0.25) is 0 Å². The van der Waals surface area contributed by atoms with Gasteiger partial charge in [0.2, 0.25) is 0 Å². The van der Waals surface area contributed by atoms with Crippen molar-refractivity contribution in [2.45, 2.75) is 41.0 Å². The van der Waals surface area contributed by atoms with E-state index < -0.39 is 0 Å². The van der Waals surface area contributed by atoms with Crippen molar-refractivity contribution >= 4 is 17.8 Å². The zero-order valence-electron chi connectivity index (χ0n) is 22.0. The minimum absolute atomic E-state index is 0. The summed E-state index contributed by atoms with van der Waals surface area (Å²) in [5.74, 6) is 1.33. The summed E-state index contributed by atoms with van der Waals surface area (Å²) < 4.78 is 12.5. The van der Waals surface area contributed by atoms with E-state index in [1.807, 2.05) is 83.2 Å². The van der Waals surface area contributed by atoms with Crippen LogP contribution in [0.5, 0.6) is 11.5 Å². The van der Waals surface area contributed by atoms with Crippen LogP contribution >= 0.6 is 0 Å². The van der Waals surface area contributed by atoms with Crippen LogP contribution < -0.4 is 9.47 Å². The molecule has 0 bridgehead atoms. The van der Waals surface area contributed by atoms with E-state index in [0.717, 1.165) is 28.1 Å².